The second-order valence-electron chi connectivity index (χ2n) is 8.79. The number of thiophene rings is 1. The van der Waals surface area contributed by atoms with Gasteiger partial charge in [-0.2, -0.15) is 5.26 Å². The second-order valence-corrected chi connectivity index (χ2v) is 9.90. The summed E-state index contributed by atoms with van der Waals surface area (Å²) in [4.78, 5) is 16.3. The van der Waals surface area contributed by atoms with Crippen molar-refractivity contribution in [1.82, 2.24) is 4.90 Å². The number of likely N-dealkylation sites (tertiary alicyclic amines) is 1. The molecule has 1 atom stereocenters. The maximum atomic E-state index is 12.7. The standard InChI is InChI=1S/C25H31N3OS/c1-2-18-8-9-21-22(16-26)25(30-23(21)15-18)27-24(29)17-28-12-10-20(11-13-28)14-19-6-4-3-5-7-19/h3-7,18,20H,2,8-15,17H2,1H3,(H,27,29). The molecule has 4 nitrogen and oxygen atoms in total. The van der Waals surface area contributed by atoms with Crippen molar-refractivity contribution in [3.05, 3.63) is 51.9 Å². The molecule has 1 saturated heterocycles. The minimum absolute atomic E-state index is 0.0126. The van der Waals surface area contributed by atoms with E-state index in [0.29, 0.717) is 23.9 Å². The molecule has 4 rings (SSSR count). The van der Waals surface area contributed by atoms with Crippen LogP contribution in [0, 0.1) is 23.2 Å². The third-order valence-electron chi connectivity index (χ3n) is 6.75. The van der Waals surface area contributed by atoms with Crippen LogP contribution in [0.5, 0.6) is 0 Å². The number of nitrogens with one attached hydrogen (secondary N) is 1. The normalized spacial score (nSPS) is 19.8. The van der Waals surface area contributed by atoms with E-state index >= 15 is 0 Å². The number of hydrogen-bond donors (Lipinski definition) is 1. The Balaban J connectivity index is 1.30. The lowest BCUT2D eigenvalue weighted by Crippen LogP contribution is -2.39. The van der Waals surface area contributed by atoms with Crippen molar-refractivity contribution >= 4 is 22.2 Å². The smallest absolute Gasteiger partial charge is 0.239 e. The molecule has 1 aliphatic carbocycles. The molecule has 1 aliphatic heterocycles. The Kier molecular flexibility index (Phi) is 6.86. The van der Waals surface area contributed by atoms with E-state index in [-0.39, 0.29) is 5.91 Å². The van der Waals surface area contributed by atoms with E-state index < -0.39 is 0 Å². The van der Waals surface area contributed by atoms with E-state index in [1.807, 2.05) is 0 Å². The van der Waals surface area contributed by atoms with Gasteiger partial charge in [-0.25, -0.2) is 0 Å². The Hall–Kier alpha value is -2.16. The molecule has 1 unspecified atom stereocenters. The summed E-state index contributed by atoms with van der Waals surface area (Å²) in [5, 5.41) is 13.5. The average molecular weight is 422 g/mol. The number of amides is 1. The van der Waals surface area contributed by atoms with Crippen LogP contribution in [-0.2, 0) is 24.1 Å². The van der Waals surface area contributed by atoms with Gasteiger partial charge in [0.25, 0.3) is 0 Å². The fraction of sp³-hybridized carbons (Fsp3) is 0.520. The lowest BCUT2D eigenvalue weighted by Gasteiger charge is -2.31. The highest BCUT2D eigenvalue weighted by atomic mass is 32.1. The van der Waals surface area contributed by atoms with Crippen LogP contribution in [0.2, 0.25) is 0 Å². The number of fused-ring (bicyclic) bond motifs is 1. The van der Waals surface area contributed by atoms with Crippen LogP contribution in [0.4, 0.5) is 5.00 Å². The molecule has 0 bridgehead atoms. The Morgan fingerprint density at radius 2 is 1.97 bits per heavy atom. The first kappa shape index (κ1) is 21.1. The lowest BCUT2D eigenvalue weighted by atomic mass is 9.86. The Morgan fingerprint density at radius 3 is 2.67 bits per heavy atom. The van der Waals surface area contributed by atoms with Crippen molar-refractivity contribution in [2.24, 2.45) is 11.8 Å². The van der Waals surface area contributed by atoms with Crippen LogP contribution < -0.4 is 5.32 Å². The third kappa shape index (κ3) is 4.94. The second kappa shape index (κ2) is 9.76. The van der Waals surface area contributed by atoms with E-state index in [9.17, 15) is 10.1 Å². The molecule has 1 fully saturated rings. The molecular formula is C25H31N3OS. The summed E-state index contributed by atoms with van der Waals surface area (Å²) < 4.78 is 0. The minimum atomic E-state index is 0.0126. The molecule has 0 spiro atoms. The highest BCUT2D eigenvalue weighted by Gasteiger charge is 2.26. The molecule has 2 heterocycles. The number of carbonyl (C=O) groups excluding carboxylic acids is 1. The molecule has 0 radical (unpaired) electrons. The van der Waals surface area contributed by atoms with Gasteiger partial charge in [0.2, 0.25) is 5.91 Å². The number of nitriles is 1. The van der Waals surface area contributed by atoms with Crippen molar-refractivity contribution in [3.8, 4) is 6.07 Å². The summed E-state index contributed by atoms with van der Waals surface area (Å²) in [6, 6.07) is 13.0. The topological polar surface area (TPSA) is 56.1 Å². The SMILES string of the molecule is CCC1CCc2c(sc(NC(=O)CN3CCC(Cc4ccccc4)CC3)c2C#N)C1. The quantitative estimate of drug-likeness (QED) is 0.712. The number of nitrogens with zero attached hydrogens (tertiary/aromatic N) is 2. The Morgan fingerprint density at radius 1 is 1.20 bits per heavy atom. The summed E-state index contributed by atoms with van der Waals surface area (Å²) in [7, 11) is 0. The fourth-order valence-corrected chi connectivity index (χ4v) is 6.20. The third-order valence-corrected chi connectivity index (χ3v) is 7.92. The first-order valence-electron chi connectivity index (χ1n) is 11.3. The highest BCUT2D eigenvalue weighted by Crippen LogP contribution is 2.40. The van der Waals surface area contributed by atoms with Gasteiger partial charge in [-0.3, -0.25) is 9.69 Å². The first-order chi connectivity index (χ1) is 14.7. The molecule has 30 heavy (non-hydrogen) atoms. The van der Waals surface area contributed by atoms with Gasteiger partial charge in [0, 0.05) is 4.88 Å². The largest absolute Gasteiger partial charge is 0.315 e. The molecule has 1 aromatic heterocycles. The highest BCUT2D eigenvalue weighted by molar-refractivity contribution is 7.16. The van der Waals surface area contributed by atoms with Crippen LogP contribution in [0.3, 0.4) is 0 Å². The van der Waals surface area contributed by atoms with Crippen LogP contribution in [0.15, 0.2) is 30.3 Å². The monoisotopic (exact) mass is 421 g/mol. The van der Waals surface area contributed by atoms with E-state index in [4.69, 9.17) is 0 Å². The maximum absolute atomic E-state index is 12.7. The fourth-order valence-electron chi connectivity index (χ4n) is 4.87. The van der Waals surface area contributed by atoms with Gasteiger partial charge in [0.1, 0.15) is 11.1 Å². The molecule has 2 aromatic rings. The predicted octanol–water partition coefficient (Wildman–Crippen LogP) is 5.03. The van der Waals surface area contributed by atoms with Crippen molar-refractivity contribution in [2.75, 3.05) is 25.0 Å². The van der Waals surface area contributed by atoms with E-state index in [0.717, 1.165) is 56.6 Å². The molecule has 0 saturated carbocycles. The maximum Gasteiger partial charge on any atom is 0.239 e. The first-order valence-corrected chi connectivity index (χ1v) is 12.1. The van der Waals surface area contributed by atoms with E-state index in [1.165, 1.54) is 22.4 Å². The van der Waals surface area contributed by atoms with Gasteiger partial charge in [-0.1, -0.05) is 43.7 Å². The van der Waals surface area contributed by atoms with E-state index in [2.05, 4.69) is 53.5 Å². The Labute approximate surface area is 183 Å². The van der Waals surface area contributed by atoms with Crippen molar-refractivity contribution in [3.63, 3.8) is 0 Å². The van der Waals surface area contributed by atoms with Crippen LogP contribution in [0.1, 0.15) is 54.2 Å². The molecule has 2 aliphatic rings. The van der Waals surface area contributed by atoms with Crippen LogP contribution >= 0.6 is 11.3 Å². The van der Waals surface area contributed by atoms with Gasteiger partial charge >= 0.3 is 0 Å². The number of benzene rings is 1. The Bertz CT molecular complexity index is 906. The predicted molar refractivity (Wildman–Crippen MR) is 123 cm³/mol. The summed E-state index contributed by atoms with van der Waals surface area (Å²) in [5.41, 5.74) is 3.30. The van der Waals surface area contributed by atoms with Gasteiger partial charge in [0.05, 0.1) is 12.1 Å². The lowest BCUT2D eigenvalue weighted by molar-refractivity contribution is -0.117. The number of piperidine rings is 1. The van der Waals surface area contributed by atoms with Gasteiger partial charge in [0.15, 0.2) is 0 Å². The zero-order valence-electron chi connectivity index (χ0n) is 17.8. The van der Waals surface area contributed by atoms with Crippen molar-refractivity contribution in [1.29, 1.82) is 5.26 Å². The summed E-state index contributed by atoms with van der Waals surface area (Å²) in [5.74, 6) is 1.43. The van der Waals surface area contributed by atoms with Crippen LogP contribution in [-0.4, -0.2) is 30.4 Å². The van der Waals surface area contributed by atoms with Crippen LogP contribution in [0.25, 0.3) is 0 Å². The molecular weight excluding hydrogens is 390 g/mol. The minimum Gasteiger partial charge on any atom is -0.315 e. The van der Waals surface area contributed by atoms with Crippen molar-refractivity contribution in [2.45, 2.75) is 51.9 Å². The summed E-state index contributed by atoms with van der Waals surface area (Å²) in [6.07, 6.45) is 7.76. The molecule has 1 amide bonds. The van der Waals surface area contributed by atoms with Gasteiger partial charge < -0.3 is 5.32 Å². The number of rotatable bonds is 6. The number of anilines is 1. The zero-order chi connectivity index (χ0) is 20.9. The van der Waals surface area contributed by atoms with Gasteiger partial charge in [-0.15, -0.1) is 11.3 Å². The molecule has 158 valence electrons. The van der Waals surface area contributed by atoms with E-state index in [1.54, 1.807) is 11.3 Å². The van der Waals surface area contributed by atoms with Crippen molar-refractivity contribution < 1.29 is 4.79 Å². The summed E-state index contributed by atoms with van der Waals surface area (Å²) in [6.45, 7) is 4.59. The average Bonchev–Trinajstić information content (AvgIpc) is 3.11. The number of carbonyl (C=O) groups is 1. The molecule has 1 aromatic carbocycles. The summed E-state index contributed by atoms with van der Waals surface area (Å²) >= 11 is 1.62. The van der Waals surface area contributed by atoms with Gasteiger partial charge in [-0.05, 0) is 74.6 Å². The molecule has 1 N–H and O–H groups in total. The molecule has 5 heteroatoms. The number of hydrogen-bond acceptors (Lipinski definition) is 4. The zero-order valence-corrected chi connectivity index (χ0v) is 18.6.